The Bertz CT molecular complexity index is 892. The van der Waals surface area contributed by atoms with Gasteiger partial charge < -0.3 is 4.90 Å². The van der Waals surface area contributed by atoms with Gasteiger partial charge in [-0.3, -0.25) is 9.89 Å². The monoisotopic (exact) mass is 350 g/mol. The number of H-pyrrole nitrogens is 1. The SMILES string of the molecule is O=C(c1cccc(-c2ccc(F)cc2)c1)N1CCC[C@@H](c2ncn[nH]2)C1. The van der Waals surface area contributed by atoms with Gasteiger partial charge >= 0.3 is 0 Å². The molecule has 26 heavy (non-hydrogen) atoms. The number of nitrogens with one attached hydrogen (secondary N) is 1. The van der Waals surface area contributed by atoms with Gasteiger partial charge in [-0.2, -0.15) is 5.10 Å². The van der Waals surface area contributed by atoms with Gasteiger partial charge in [0.2, 0.25) is 0 Å². The van der Waals surface area contributed by atoms with E-state index in [1.54, 1.807) is 12.1 Å². The van der Waals surface area contributed by atoms with Crippen molar-refractivity contribution in [3.63, 3.8) is 0 Å². The number of amides is 1. The molecule has 0 bridgehead atoms. The average molecular weight is 350 g/mol. The van der Waals surface area contributed by atoms with Crippen molar-refractivity contribution in [2.24, 2.45) is 0 Å². The van der Waals surface area contributed by atoms with Crippen LogP contribution in [-0.4, -0.2) is 39.1 Å². The minimum atomic E-state index is -0.271. The fourth-order valence-electron chi connectivity index (χ4n) is 3.45. The van der Waals surface area contributed by atoms with Crippen LogP contribution >= 0.6 is 0 Å². The lowest BCUT2D eigenvalue weighted by molar-refractivity contribution is 0.0704. The lowest BCUT2D eigenvalue weighted by Crippen LogP contribution is -2.39. The summed E-state index contributed by atoms with van der Waals surface area (Å²) < 4.78 is 13.1. The zero-order chi connectivity index (χ0) is 17.9. The van der Waals surface area contributed by atoms with Crippen LogP contribution in [0.25, 0.3) is 11.1 Å². The largest absolute Gasteiger partial charge is 0.338 e. The number of rotatable bonds is 3. The minimum absolute atomic E-state index is 0.0122. The van der Waals surface area contributed by atoms with E-state index in [0.717, 1.165) is 36.3 Å². The Kier molecular flexibility index (Phi) is 4.48. The molecule has 4 rings (SSSR count). The molecule has 3 aromatic rings. The molecular formula is C20H19FN4O. The van der Waals surface area contributed by atoms with Crippen LogP contribution in [0.15, 0.2) is 54.9 Å². The van der Waals surface area contributed by atoms with E-state index in [-0.39, 0.29) is 17.6 Å². The van der Waals surface area contributed by atoms with Crippen molar-refractivity contribution in [1.29, 1.82) is 0 Å². The lowest BCUT2D eigenvalue weighted by Gasteiger charge is -2.31. The van der Waals surface area contributed by atoms with E-state index in [0.29, 0.717) is 12.1 Å². The maximum Gasteiger partial charge on any atom is 0.253 e. The van der Waals surface area contributed by atoms with E-state index >= 15 is 0 Å². The highest BCUT2D eigenvalue weighted by atomic mass is 19.1. The van der Waals surface area contributed by atoms with Gasteiger partial charge in [0, 0.05) is 24.6 Å². The zero-order valence-corrected chi connectivity index (χ0v) is 14.2. The van der Waals surface area contributed by atoms with E-state index in [2.05, 4.69) is 15.2 Å². The fraction of sp³-hybridized carbons (Fsp3) is 0.250. The summed E-state index contributed by atoms with van der Waals surface area (Å²) >= 11 is 0. The van der Waals surface area contributed by atoms with Crippen molar-refractivity contribution in [1.82, 2.24) is 20.1 Å². The molecule has 1 fully saturated rings. The fourth-order valence-corrected chi connectivity index (χ4v) is 3.45. The number of aromatic nitrogens is 3. The maximum absolute atomic E-state index is 13.1. The lowest BCUT2D eigenvalue weighted by atomic mass is 9.96. The summed E-state index contributed by atoms with van der Waals surface area (Å²) in [5, 5.41) is 6.82. The highest BCUT2D eigenvalue weighted by molar-refractivity contribution is 5.95. The molecule has 1 atom stereocenters. The van der Waals surface area contributed by atoms with Gasteiger partial charge in [0.05, 0.1) is 0 Å². The molecule has 1 aromatic heterocycles. The van der Waals surface area contributed by atoms with Crippen molar-refractivity contribution in [3.8, 4) is 11.1 Å². The van der Waals surface area contributed by atoms with Crippen molar-refractivity contribution >= 4 is 5.91 Å². The van der Waals surface area contributed by atoms with Gasteiger partial charge in [0.1, 0.15) is 18.0 Å². The molecule has 0 radical (unpaired) electrons. The van der Waals surface area contributed by atoms with Gasteiger partial charge in [-0.25, -0.2) is 9.37 Å². The summed E-state index contributed by atoms with van der Waals surface area (Å²) in [6, 6.07) is 13.8. The average Bonchev–Trinajstić information content (AvgIpc) is 3.23. The van der Waals surface area contributed by atoms with Crippen LogP contribution in [-0.2, 0) is 0 Å². The normalized spacial score (nSPS) is 17.3. The summed E-state index contributed by atoms with van der Waals surface area (Å²) in [5.74, 6) is 0.768. The highest BCUT2D eigenvalue weighted by Crippen LogP contribution is 2.26. The number of carbonyl (C=O) groups excluding carboxylic acids is 1. The summed E-state index contributed by atoms with van der Waals surface area (Å²) in [5.41, 5.74) is 2.43. The Hall–Kier alpha value is -3.02. The summed E-state index contributed by atoms with van der Waals surface area (Å²) in [7, 11) is 0. The first kappa shape index (κ1) is 16.4. The van der Waals surface area contributed by atoms with E-state index in [4.69, 9.17) is 0 Å². The molecule has 1 N–H and O–H groups in total. The molecule has 5 nitrogen and oxygen atoms in total. The Labute approximate surface area is 150 Å². The third kappa shape index (κ3) is 3.35. The number of carbonyl (C=O) groups is 1. The quantitative estimate of drug-likeness (QED) is 0.785. The van der Waals surface area contributed by atoms with Crippen LogP contribution < -0.4 is 0 Å². The predicted molar refractivity (Wildman–Crippen MR) is 96.1 cm³/mol. The minimum Gasteiger partial charge on any atom is -0.338 e. The number of hydrogen-bond acceptors (Lipinski definition) is 3. The molecule has 6 heteroatoms. The second-order valence-corrected chi connectivity index (χ2v) is 6.55. The standard InChI is InChI=1S/C20H19FN4O/c21-18-8-6-14(7-9-18)15-3-1-4-16(11-15)20(26)25-10-2-5-17(12-25)19-22-13-23-24-19/h1,3-4,6-9,11,13,17H,2,5,10,12H2,(H,22,23,24)/t17-/m1/s1. The number of nitrogens with zero attached hydrogens (tertiary/aromatic N) is 3. The number of piperidine rings is 1. The first-order valence-electron chi connectivity index (χ1n) is 8.71. The maximum atomic E-state index is 13.1. The summed E-state index contributed by atoms with van der Waals surface area (Å²) in [6.07, 6.45) is 3.44. The third-order valence-electron chi connectivity index (χ3n) is 4.82. The van der Waals surface area contributed by atoms with Crippen molar-refractivity contribution in [2.75, 3.05) is 13.1 Å². The Morgan fingerprint density at radius 1 is 1.15 bits per heavy atom. The van der Waals surface area contributed by atoms with Crippen molar-refractivity contribution in [3.05, 3.63) is 72.1 Å². The number of halogens is 1. The van der Waals surface area contributed by atoms with Crippen LogP contribution in [0, 0.1) is 5.82 Å². The second-order valence-electron chi connectivity index (χ2n) is 6.55. The molecule has 0 saturated carbocycles. The van der Waals surface area contributed by atoms with Gasteiger partial charge in [0.25, 0.3) is 5.91 Å². The predicted octanol–water partition coefficient (Wildman–Crippen LogP) is 3.63. The number of aromatic amines is 1. The van der Waals surface area contributed by atoms with Gasteiger partial charge in [-0.15, -0.1) is 0 Å². The Morgan fingerprint density at radius 3 is 2.77 bits per heavy atom. The van der Waals surface area contributed by atoms with Crippen LogP contribution in [0.5, 0.6) is 0 Å². The summed E-state index contributed by atoms with van der Waals surface area (Å²) in [4.78, 5) is 19.1. The van der Waals surface area contributed by atoms with Crippen LogP contribution in [0.1, 0.15) is 34.9 Å². The first-order valence-corrected chi connectivity index (χ1v) is 8.71. The molecule has 1 amide bonds. The number of likely N-dealkylation sites (tertiary alicyclic amines) is 1. The third-order valence-corrected chi connectivity index (χ3v) is 4.82. The highest BCUT2D eigenvalue weighted by Gasteiger charge is 2.27. The molecule has 2 aromatic carbocycles. The molecular weight excluding hydrogens is 331 g/mol. The van der Waals surface area contributed by atoms with Gasteiger partial charge in [0.15, 0.2) is 0 Å². The molecule has 1 saturated heterocycles. The first-order chi connectivity index (χ1) is 12.7. The zero-order valence-electron chi connectivity index (χ0n) is 14.2. The van der Waals surface area contributed by atoms with E-state index in [1.165, 1.54) is 18.5 Å². The van der Waals surface area contributed by atoms with Gasteiger partial charge in [-0.1, -0.05) is 24.3 Å². The number of benzene rings is 2. The smallest absolute Gasteiger partial charge is 0.253 e. The van der Waals surface area contributed by atoms with E-state index < -0.39 is 0 Å². The molecule has 0 aliphatic carbocycles. The second kappa shape index (κ2) is 7.07. The van der Waals surface area contributed by atoms with Crippen molar-refractivity contribution in [2.45, 2.75) is 18.8 Å². The Balaban J connectivity index is 1.54. The molecule has 1 aliphatic rings. The number of hydrogen-bond donors (Lipinski definition) is 1. The van der Waals surface area contributed by atoms with Crippen molar-refractivity contribution < 1.29 is 9.18 Å². The van der Waals surface area contributed by atoms with Crippen LogP contribution in [0.2, 0.25) is 0 Å². The molecule has 0 spiro atoms. The molecule has 132 valence electrons. The van der Waals surface area contributed by atoms with Crippen LogP contribution in [0.4, 0.5) is 4.39 Å². The molecule has 1 aliphatic heterocycles. The topological polar surface area (TPSA) is 61.9 Å². The van der Waals surface area contributed by atoms with Gasteiger partial charge in [-0.05, 0) is 48.2 Å². The molecule has 0 unspecified atom stereocenters. The van der Waals surface area contributed by atoms with E-state index in [9.17, 15) is 9.18 Å². The van der Waals surface area contributed by atoms with Crippen LogP contribution in [0.3, 0.4) is 0 Å². The van der Waals surface area contributed by atoms with E-state index in [1.807, 2.05) is 29.2 Å². The Morgan fingerprint density at radius 2 is 2.00 bits per heavy atom. The summed E-state index contributed by atoms with van der Waals surface area (Å²) in [6.45, 7) is 1.37. The molecule has 2 heterocycles.